The molecule has 0 aromatic heterocycles. The van der Waals surface area contributed by atoms with E-state index in [-0.39, 0.29) is 12.4 Å². The molecule has 1 saturated heterocycles. The van der Waals surface area contributed by atoms with Crippen LogP contribution in [0.4, 0.5) is 0 Å². The zero-order valence-corrected chi connectivity index (χ0v) is 7.19. The summed E-state index contributed by atoms with van der Waals surface area (Å²) >= 11 is 0. The highest BCUT2D eigenvalue weighted by molar-refractivity contribution is 5.11. The lowest BCUT2D eigenvalue weighted by Crippen LogP contribution is -2.31. The van der Waals surface area contributed by atoms with E-state index in [1.165, 1.54) is 0 Å². The topological polar surface area (TPSA) is 69.9 Å². The average Bonchev–Trinajstić information content (AvgIpc) is 2.32. The molecule has 4 nitrogen and oxygen atoms in total. The van der Waals surface area contributed by atoms with Gasteiger partial charge in [0.2, 0.25) is 0 Å². The maximum atomic E-state index is 9.40. The van der Waals surface area contributed by atoms with Gasteiger partial charge in [0.05, 0.1) is 6.61 Å². The van der Waals surface area contributed by atoms with Crippen molar-refractivity contribution in [2.45, 2.75) is 32.2 Å². The molecule has 0 spiro atoms. The Balaban J connectivity index is 2.72. The van der Waals surface area contributed by atoms with Crippen molar-refractivity contribution in [2.75, 3.05) is 6.61 Å². The Morgan fingerprint density at radius 3 is 2.25 bits per heavy atom. The van der Waals surface area contributed by atoms with Crippen molar-refractivity contribution in [2.24, 2.45) is 0 Å². The molecule has 0 unspecified atom stereocenters. The molecule has 0 aromatic rings. The lowest BCUT2D eigenvalue weighted by atomic mass is 10.1. The molecule has 12 heavy (non-hydrogen) atoms. The second-order valence-electron chi connectivity index (χ2n) is 3.20. The van der Waals surface area contributed by atoms with Crippen molar-refractivity contribution in [3.8, 4) is 0 Å². The molecule has 0 aromatic carbocycles. The first-order valence-electron chi connectivity index (χ1n) is 3.88. The molecule has 0 bridgehead atoms. The van der Waals surface area contributed by atoms with Crippen LogP contribution < -0.4 is 0 Å². The van der Waals surface area contributed by atoms with Crippen LogP contribution in [0.2, 0.25) is 0 Å². The molecular formula is C8H14O4. The summed E-state index contributed by atoms with van der Waals surface area (Å²) in [6.07, 6.45) is -2.67. The normalized spacial score (nSPS) is 35.2. The predicted octanol–water partition coefficient (Wildman–Crippen LogP) is -0.0411. The van der Waals surface area contributed by atoms with E-state index < -0.39 is 18.3 Å². The smallest absolute Gasteiger partial charge is 0.143 e. The number of aliphatic hydroxyl groups is 3. The second kappa shape index (κ2) is 3.43. The first-order chi connectivity index (χ1) is 5.54. The van der Waals surface area contributed by atoms with Gasteiger partial charge in [-0.25, -0.2) is 0 Å². The molecule has 70 valence electrons. The SMILES string of the molecule is CC(C)=C(O)[C@H]1OC[C@H](O)[C@@H]1O. The highest BCUT2D eigenvalue weighted by Crippen LogP contribution is 2.21. The van der Waals surface area contributed by atoms with Gasteiger partial charge in [-0.1, -0.05) is 0 Å². The molecule has 0 amide bonds. The highest BCUT2D eigenvalue weighted by atomic mass is 16.5. The van der Waals surface area contributed by atoms with E-state index in [9.17, 15) is 10.2 Å². The van der Waals surface area contributed by atoms with Gasteiger partial charge in [0.25, 0.3) is 0 Å². The molecule has 4 heteroatoms. The molecule has 0 radical (unpaired) electrons. The van der Waals surface area contributed by atoms with E-state index in [4.69, 9.17) is 9.84 Å². The fourth-order valence-corrected chi connectivity index (χ4v) is 1.13. The predicted molar refractivity (Wildman–Crippen MR) is 42.8 cm³/mol. The lowest BCUT2D eigenvalue weighted by Gasteiger charge is -2.14. The Morgan fingerprint density at radius 1 is 1.33 bits per heavy atom. The third-order valence-electron chi connectivity index (χ3n) is 1.93. The fourth-order valence-electron chi connectivity index (χ4n) is 1.13. The quantitative estimate of drug-likeness (QED) is 0.488. The minimum absolute atomic E-state index is 0.0130. The molecule has 3 N–H and O–H groups in total. The summed E-state index contributed by atoms with van der Waals surface area (Å²) in [6.45, 7) is 3.51. The zero-order chi connectivity index (χ0) is 9.30. The number of ether oxygens (including phenoxy) is 1. The van der Waals surface area contributed by atoms with E-state index in [2.05, 4.69) is 0 Å². The summed E-state index contributed by atoms with van der Waals surface area (Å²) in [5.41, 5.74) is 0.688. The van der Waals surface area contributed by atoms with Crippen LogP contribution in [-0.2, 0) is 4.74 Å². The Hall–Kier alpha value is -0.580. The molecule has 0 saturated carbocycles. The molecular weight excluding hydrogens is 160 g/mol. The van der Waals surface area contributed by atoms with E-state index in [0.717, 1.165) is 0 Å². The summed E-state index contributed by atoms with van der Waals surface area (Å²) in [5, 5.41) is 27.8. The zero-order valence-electron chi connectivity index (χ0n) is 7.19. The molecule has 1 aliphatic rings. The summed E-state index contributed by atoms with van der Waals surface area (Å²) in [4.78, 5) is 0. The minimum atomic E-state index is -1.01. The first kappa shape index (κ1) is 9.51. The monoisotopic (exact) mass is 174 g/mol. The summed E-state index contributed by atoms with van der Waals surface area (Å²) in [6, 6.07) is 0. The Morgan fingerprint density at radius 2 is 1.92 bits per heavy atom. The second-order valence-corrected chi connectivity index (χ2v) is 3.20. The minimum Gasteiger partial charge on any atom is -0.510 e. The third kappa shape index (κ3) is 1.60. The van der Waals surface area contributed by atoms with Crippen molar-refractivity contribution >= 4 is 0 Å². The molecule has 1 aliphatic heterocycles. The van der Waals surface area contributed by atoms with Gasteiger partial charge >= 0.3 is 0 Å². The van der Waals surface area contributed by atoms with Gasteiger partial charge in [0, 0.05) is 0 Å². The standard InChI is InChI=1S/C8H14O4/c1-4(2)6(10)8-7(11)5(9)3-12-8/h5,7-11H,3H2,1-2H3/t5-,7-,8+/m0/s1. The van der Waals surface area contributed by atoms with E-state index in [0.29, 0.717) is 5.57 Å². The van der Waals surface area contributed by atoms with Crippen LogP contribution in [0, 0.1) is 0 Å². The van der Waals surface area contributed by atoms with E-state index in [1.807, 2.05) is 0 Å². The van der Waals surface area contributed by atoms with Gasteiger partial charge in [0.15, 0.2) is 0 Å². The van der Waals surface area contributed by atoms with Gasteiger partial charge in [-0.05, 0) is 19.4 Å². The van der Waals surface area contributed by atoms with Gasteiger partial charge in [-0.3, -0.25) is 0 Å². The van der Waals surface area contributed by atoms with Gasteiger partial charge in [-0.15, -0.1) is 0 Å². The summed E-state index contributed by atoms with van der Waals surface area (Å²) in [5.74, 6) is 0.0130. The number of allylic oxidation sites excluding steroid dienone is 1. The van der Waals surface area contributed by atoms with Crippen LogP contribution in [0.3, 0.4) is 0 Å². The van der Waals surface area contributed by atoms with Gasteiger partial charge in [0.1, 0.15) is 24.1 Å². The summed E-state index contributed by atoms with van der Waals surface area (Å²) < 4.78 is 4.99. The van der Waals surface area contributed by atoms with Crippen LogP contribution in [0.5, 0.6) is 0 Å². The average molecular weight is 174 g/mol. The maximum Gasteiger partial charge on any atom is 0.143 e. The Bertz CT molecular complexity index is 195. The third-order valence-corrected chi connectivity index (χ3v) is 1.93. The molecule has 1 heterocycles. The Kier molecular flexibility index (Phi) is 2.72. The largest absolute Gasteiger partial charge is 0.510 e. The van der Waals surface area contributed by atoms with Crippen molar-refractivity contribution in [1.29, 1.82) is 0 Å². The first-order valence-corrected chi connectivity index (χ1v) is 3.88. The summed E-state index contributed by atoms with van der Waals surface area (Å²) in [7, 11) is 0. The highest BCUT2D eigenvalue weighted by Gasteiger charge is 2.37. The maximum absolute atomic E-state index is 9.40. The molecule has 0 aliphatic carbocycles. The van der Waals surface area contributed by atoms with Crippen LogP contribution >= 0.6 is 0 Å². The molecule has 1 fully saturated rings. The fraction of sp³-hybridized carbons (Fsp3) is 0.750. The van der Waals surface area contributed by atoms with Crippen molar-refractivity contribution < 1.29 is 20.1 Å². The van der Waals surface area contributed by atoms with Crippen LogP contribution in [0.15, 0.2) is 11.3 Å². The molecule has 1 rings (SSSR count). The van der Waals surface area contributed by atoms with Crippen LogP contribution in [-0.4, -0.2) is 40.2 Å². The van der Waals surface area contributed by atoms with Crippen molar-refractivity contribution in [3.05, 3.63) is 11.3 Å². The van der Waals surface area contributed by atoms with Gasteiger partial charge < -0.3 is 20.1 Å². The Labute approximate surface area is 71.1 Å². The van der Waals surface area contributed by atoms with Gasteiger partial charge in [-0.2, -0.15) is 0 Å². The number of hydrogen-bond acceptors (Lipinski definition) is 4. The molecule has 3 atom stereocenters. The van der Waals surface area contributed by atoms with Crippen LogP contribution in [0.1, 0.15) is 13.8 Å². The lowest BCUT2D eigenvalue weighted by molar-refractivity contribution is 0.0212. The number of rotatable bonds is 1. The van der Waals surface area contributed by atoms with E-state index >= 15 is 0 Å². The number of aliphatic hydroxyl groups excluding tert-OH is 3. The van der Waals surface area contributed by atoms with Crippen molar-refractivity contribution in [1.82, 2.24) is 0 Å². The number of hydrogen-bond donors (Lipinski definition) is 3. The van der Waals surface area contributed by atoms with Crippen molar-refractivity contribution in [3.63, 3.8) is 0 Å². The van der Waals surface area contributed by atoms with Crippen LogP contribution in [0.25, 0.3) is 0 Å². The van der Waals surface area contributed by atoms with E-state index in [1.54, 1.807) is 13.8 Å².